The number of oxazole rings is 1. The van der Waals surface area contributed by atoms with Crippen LogP contribution in [-0.2, 0) is 11.3 Å². The van der Waals surface area contributed by atoms with Crippen molar-refractivity contribution in [2.24, 2.45) is 0 Å². The zero-order valence-electron chi connectivity index (χ0n) is 9.74. The summed E-state index contributed by atoms with van der Waals surface area (Å²) in [5.41, 5.74) is 0.605. The van der Waals surface area contributed by atoms with Crippen LogP contribution in [0.3, 0.4) is 0 Å². The van der Waals surface area contributed by atoms with Gasteiger partial charge in [-0.25, -0.2) is 9.78 Å². The minimum atomic E-state index is -0.337. The Balaban J connectivity index is 1.63. The summed E-state index contributed by atoms with van der Waals surface area (Å²) in [7, 11) is 0. The van der Waals surface area contributed by atoms with Crippen molar-refractivity contribution in [3.05, 3.63) is 51.9 Å². The molecule has 6 heteroatoms. The highest BCUT2D eigenvalue weighted by molar-refractivity contribution is 7.13. The van der Waals surface area contributed by atoms with E-state index in [4.69, 9.17) is 9.15 Å². The molecule has 0 saturated carbocycles. The number of nitrogens with zero attached hydrogens (tertiary/aromatic N) is 1. The summed E-state index contributed by atoms with van der Waals surface area (Å²) in [6.07, 6.45) is 1.51. The molecule has 0 spiro atoms. The van der Waals surface area contributed by atoms with Gasteiger partial charge < -0.3 is 9.15 Å². The van der Waals surface area contributed by atoms with E-state index in [0.717, 1.165) is 4.88 Å². The van der Waals surface area contributed by atoms with E-state index in [2.05, 4.69) is 4.98 Å². The number of aromatic nitrogens is 1. The van der Waals surface area contributed by atoms with Gasteiger partial charge in [0.05, 0.1) is 4.88 Å². The van der Waals surface area contributed by atoms with Crippen LogP contribution in [0.4, 0.5) is 0 Å². The average Bonchev–Trinajstić information content (AvgIpc) is 3.14. The monoisotopic (exact) mass is 291 g/mol. The second-order valence-electron chi connectivity index (χ2n) is 3.67. The van der Waals surface area contributed by atoms with Crippen LogP contribution in [0.25, 0.3) is 10.8 Å². The highest BCUT2D eigenvalue weighted by Gasteiger charge is 2.11. The molecule has 96 valence electrons. The van der Waals surface area contributed by atoms with Crippen LogP contribution in [0.5, 0.6) is 0 Å². The van der Waals surface area contributed by atoms with Crippen molar-refractivity contribution in [3.8, 4) is 10.8 Å². The molecule has 0 aliphatic rings. The zero-order chi connectivity index (χ0) is 13.1. The van der Waals surface area contributed by atoms with E-state index in [1.165, 1.54) is 17.6 Å². The Labute approximate surface area is 117 Å². The van der Waals surface area contributed by atoms with Gasteiger partial charge in [-0.2, -0.15) is 0 Å². The van der Waals surface area contributed by atoms with E-state index >= 15 is 0 Å². The first-order valence-electron chi connectivity index (χ1n) is 5.52. The molecule has 0 N–H and O–H groups in total. The number of ether oxygens (including phenoxy) is 1. The molecule has 0 fully saturated rings. The first-order valence-corrected chi connectivity index (χ1v) is 7.28. The molecule has 0 bridgehead atoms. The van der Waals surface area contributed by atoms with E-state index in [0.29, 0.717) is 16.5 Å². The number of rotatable bonds is 4. The Morgan fingerprint density at radius 2 is 2.11 bits per heavy atom. The molecule has 3 heterocycles. The van der Waals surface area contributed by atoms with Gasteiger partial charge in [0, 0.05) is 0 Å². The van der Waals surface area contributed by atoms with Gasteiger partial charge in [-0.3, -0.25) is 0 Å². The minimum Gasteiger partial charge on any atom is -0.455 e. The second-order valence-corrected chi connectivity index (χ2v) is 5.57. The number of hydrogen-bond acceptors (Lipinski definition) is 6. The van der Waals surface area contributed by atoms with Crippen molar-refractivity contribution in [3.63, 3.8) is 0 Å². The summed E-state index contributed by atoms with van der Waals surface area (Å²) >= 11 is 2.90. The summed E-state index contributed by atoms with van der Waals surface area (Å²) in [5.74, 6) is 0.216. The fraction of sp³-hybridized carbons (Fsp3) is 0.0769. The first-order chi connectivity index (χ1) is 9.33. The van der Waals surface area contributed by atoms with Crippen molar-refractivity contribution in [2.45, 2.75) is 6.61 Å². The number of carbonyl (C=O) groups is 1. The molecule has 0 saturated heterocycles. The fourth-order valence-electron chi connectivity index (χ4n) is 1.49. The Kier molecular flexibility index (Phi) is 3.43. The van der Waals surface area contributed by atoms with E-state index in [9.17, 15) is 4.79 Å². The molecular weight excluding hydrogens is 282 g/mol. The average molecular weight is 291 g/mol. The maximum Gasteiger partial charge on any atom is 0.348 e. The number of esters is 1. The van der Waals surface area contributed by atoms with Crippen LogP contribution in [0.2, 0.25) is 0 Å². The van der Waals surface area contributed by atoms with Gasteiger partial charge in [0.25, 0.3) is 0 Å². The molecule has 0 atom stereocenters. The molecule has 0 aliphatic carbocycles. The molecule has 0 aromatic carbocycles. The molecule has 3 rings (SSSR count). The lowest BCUT2D eigenvalue weighted by molar-refractivity contribution is 0.0473. The second kappa shape index (κ2) is 5.38. The maximum atomic E-state index is 11.6. The van der Waals surface area contributed by atoms with E-state index in [1.807, 2.05) is 29.0 Å². The Hall–Kier alpha value is -1.92. The lowest BCUT2D eigenvalue weighted by Gasteiger charge is -1.99. The minimum absolute atomic E-state index is 0.117. The van der Waals surface area contributed by atoms with Crippen LogP contribution < -0.4 is 0 Å². The molecule has 0 radical (unpaired) electrons. The third-order valence-electron chi connectivity index (χ3n) is 2.36. The molecule has 3 aromatic heterocycles. The third kappa shape index (κ3) is 2.74. The predicted octanol–water partition coefficient (Wildman–Crippen LogP) is 3.82. The van der Waals surface area contributed by atoms with Gasteiger partial charge in [-0.15, -0.1) is 22.7 Å². The van der Waals surface area contributed by atoms with Crippen molar-refractivity contribution >= 4 is 28.6 Å². The Morgan fingerprint density at radius 1 is 1.26 bits per heavy atom. The van der Waals surface area contributed by atoms with Gasteiger partial charge in [0.2, 0.25) is 5.89 Å². The van der Waals surface area contributed by atoms with Crippen LogP contribution >= 0.6 is 22.7 Å². The van der Waals surface area contributed by atoms with E-state index in [1.54, 1.807) is 17.4 Å². The van der Waals surface area contributed by atoms with Gasteiger partial charge >= 0.3 is 5.97 Å². The predicted molar refractivity (Wildman–Crippen MR) is 73.3 cm³/mol. The molecule has 3 aromatic rings. The summed E-state index contributed by atoms with van der Waals surface area (Å²) in [5, 5.41) is 3.79. The fourth-order valence-corrected chi connectivity index (χ4v) is 2.76. The highest BCUT2D eigenvalue weighted by atomic mass is 32.1. The highest BCUT2D eigenvalue weighted by Crippen LogP contribution is 2.23. The number of hydrogen-bond donors (Lipinski definition) is 0. The van der Waals surface area contributed by atoms with Crippen molar-refractivity contribution in [2.75, 3.05) is 0 Å². The summed E-state index contributed by atoms with van der Waals surface area (Å²) < 4.78 is 10.5. The number of carbonyl (C=O) groups excluding carboxylic acids is 1. The molecule has 0 aliphatic heterocycles. The van der Waals surface area contributed by atoms with Crippen molar-refractivity contribution < 1.29 is 13.9 Å². The van der Waals surface area contributed by atoms with Crippen LogP contribution in [0, 0.1) is 0 Å². The van der Waals surface area contributed by atoms with Gasteiger partial charge in [-0.1, -0.05) is 12.1 Å². The molecule has 4 nitrogen and oxygen atoms in total. The standard InChI is InChI=1S/C13H9NO3S2/c15-13(11-4-2-6-19-11)17-8-9-7-16-12(14-9)10-3-1-5-18-10/h1-7H,8H2. The summed E-state index contributed by atoms with van der Waals surface area (Å²) in [6, 6.07) is 7.40. The van der Waals surface area contributed by atoms with Crippen LogP contribution in [0.1, 0.15) is 15.4 Å². The number of thiophene rings is 2. The molecule has 19 heavy (non-hydrogen) atoms. The summed E-state index contributed by atoms with van der Waals surface area (Å²) in [4.78, 5) is 17.5. The smallest absolute Gasteiger partial charge is 0.348 e. The van der Waals surface area contributed by atoms with Gasteiger partial charge in [0.15, 0.2) is 0 Å². The molecule has 0 amide bonds. The van der Waals surface area contributed by atoms with E-state index in [-0.39, 0.29) is 12.6 Å². The lowest BCUT2D eigenvalue weighted by Crippen LogP contribution is -2.03. The van der Waals surface area contributed by atoms with Gasteiger partial charge in [-0.05, 0) is 22.9 Å². The maximum absolute atomic E-state index is 11.6. The lowest BCUT2D eigenvalue weighted by atomic mass is 10.4. The summed E-state index contributed by atoms with van der Waals surface area (Å²) in [6.45, 7) is 0.117. The van der Waals surface area contributed by atoms with Gasteiger partial charge in [0.1, 0.15) is 23.4 Å². The Bertz CT molecular complexity index is 656. The zero-order valence-corrected chi connectivity index (χ0v) is 11.4. The molecular formula is C13H9NO3S2. The van der Waals surface area contributed by atoms with E-state index < -0.39 is 0 Å². The normalized spacial score (nSPS) is 10.5. The largest absolute Gasteiger partial charge is 0.455 e. The topological polar surface area (TPSA) is 52.3 Å². The quantitative estimate of drug-likeness (QED) is 0.686. The molecule has 0 unspecified atom stereocenters. The SMILES string of the molecule is O=C(OCc1coc(-c2cccs2)n1)c1cccs1. The first kappa shape index (κ1) is 12.1. The third-order valence-corrected chi connectivity index (χ3v) is 4.06. The van der Waals surface area contributed by atoms with Crippen molar-refractivity contribution in [1.82, 2.24) is 4.98 Å². The van der Waals surface area contributed by atoms with Crippen LogP contribution in [-0.4, -0.2) is 11.0 Å². The Morgan fingerprint density at radius 3 is 2.84 bits per heavy atom. The van der Waals surface area contributed by atoms with Crippen molar-refractivity contribution in [1.29, 1.82) is 0 Å². The van der Waals surface area contributed by atoms with Crippen LogP contribution in [0.15, 0.2) is 45.7 Å².